The zero-order valence-corrected chi connectivity index (χ0v) is 8.59. The summed E-state index contributed by atoms with van der Waals surface area (Å²) in [6.45, 7) is 3.71. The van der Waals surface area contributed by atoms with Gasteiger partial charge in [-0.05, 0) is 13.8 Å². The van der Waals surface area contributed by atoms with Gasteiger partial charge in [-0.3, -0.25) is 0 Å². The molecule has 0 saturated heterocycles. The third-order valence-corrected chi connectivity index (χ3v) is 2.16. The molecule has 72 valence electrons. The maximum atomic E-state index is 5.90. The lowest BCUT2D eigenvalue weighted by molar-refractivity contribution is 0.118. The number of nitrogens with two attached hydrogens (primary N) is 1. The molecule has 1 atom stereocenters. The fourth-order valence-corrected chi connectivity index (χ4v) is 1.52. The van der Waals surface area contributed by atoms with E-state index in [4.69, 9.17) is 22.1 Å². The molecule has 0 fully saturated rings. The van der Waals surface area contributed by atoms with E-state index in [1.54, 1.807) is 7.11 Å². The fraction of sp³-hybridized carbons (Fsp3) is 0.500. The van der Waals surface area contributed by atoms with Crippen molar-refractivity contribution in [1.82, 2.24) is 9.97 Å². The maximum Gasteiger partial charge on any atom is 0.221 e. The van der Waals surface area contributed by atoms with Crippen molar-refractivity contribution in [3.05, 3.63) is 16.4 Å². The summed E-state index contributed by atoms with van der Waals surface area (Å²) in [4.78, 5) is 7.86. The Morgan fingerprint density at radius 3 is 2.54 bits per heavy atom. The van der Waals surface area contributed by atoms with Gasteiger partial charge in [-0.2, -0.15) is 0 Å². The molecule has 1 unspecified atom stereocenters. The molecular weight excluding hydrogens is 190 g/mol. The van der Waals surface area contributed by atoms with Gasteiger partial charge in [0.15, 0.2) is 0 Å². The average Bonchev–Trinajstić information content (AvgIpc) is 2.02. The number of nitrogens with zero attached hydrogens (tertiary/aromatic N) is 2. The number of anilines is 1. The van der Waals surface area contributed by atoms with Crippen LogP contribution in [0.2, 0.25) is 5.15 Å². The van der Waals surface area contributed by atoms with E-state index in [1.165, 1.54) is 0 Å². The Hall–Kier alpha value is -0.870. The van der Waals surface area contributed by atoms with E-state index in [9.17, 15) is 0 Å². The van der Waals surface area contributed by atoms with E-state index >= 15 is 0 Å². The summed E-state index contributed by atoms with van der Waals surface area (Å²) in [6, 6.07) is 0. The van der Waals surface area contributed by atoms with Crippen molar-refractivity contribution in [2.24, 2.45) is 0 Å². The monoisotopic (exact) mass is 201 g/mol. The first-order chi connectivity index (χ1) is 6.06. The number of aromatic nitrogens is 2. The van der Waals surface area contributed by atoms with E-state index in [-0.39, 0.29) is 12.1 Å². The molecule has 0 aromatic carbocycles. The van der Waals surface area contributed by atoms with Crippen LogP contribution in [-0.2, 0) is 4.74 Å². The van der Waals surface area contributed by atoms with Gasteiger partial charge in [0, 0.05) is 12.7 Å². The summed E-state index contributed by atoms with van der Waals surface area (Å²) in [5.74, 6) is 0.189. The Morgan fingerprint density at radius 1 is 1.46 bits per heavy atom. The van der Waals surface area contributed by atoms with Crippen molar-refractivity contribution in [1.29, 1.82) is 0 Å². The molecule has 1 aromatic heterocycles. The van der Waals surface area contributed by atoms with E-state index in [1.807, 2.05) is 13.8 Å². The molecule has 5 heteroatoms. The minimum atomic E-state index is -0.118. The van der Waals surface area contributed by atoms with Crippen molar-refractivity contribution in [2.75, 3.05) is 12.8 Å². The molecule has 0 saturated carbocycles. The Labute approximate surface area is 82.1 Å². The Balaban J connectivity index is 3.20. The first-order valence-corrected chi connectivity index (χ1v) is 4.26. The lowest BCUT2D eigenvalue weighted by Crippen LogP contribution is -2.06. The molecule has 0 aliphatic carbocycles. The summed E-state index contributed by atoms with van der Waals surface area (Å²) >= 11 is 5.90. The molecule has 0 radical (unpaired) electrons. The van der Waals surface area contributed by atoms with Gasteiger partial charge in [-0.15, -0.1) is 0 Å². The topological polar surface area (TPSA) is 61.0 Å². The average molecular weight is 202 g/mol. The lowest BCUT2D eigenvalue weighted by Gasteiger charge is -2.13. The third kappa shape index (κ3) is 2.08. The van der Waals surface area contributed by atoms with Crippen molar-refractivity contribution in [2.45, 2.75) is 20.0 Å². The van der Waals surface area contributed by atoms with Crippen LogP contribution in [0, 0.1) is 6.92 Å². The SMILES string of the molecule is COC(C)c1c(C)nc(N)nc1Cl. The Kier molecular flexibility index (Phi) is 3.06. The highest BCUT2D eigenvalue weighted by Gasteiger charge is 2.14. The molecule has 1 rings (SSSR count). The van der Waals surface area contributed by atoms with Gasteiger partial charge in [-0.1, -0.05) is 11.6 Å². The maximum absolute atomic E-state index is 5.90. The minimum Gasteiger partial charge on any atom is -0.377 e. The molecule has 0 aliphatic rings. The summed E-state index contributed by atoms with van der Waals surface area (Å²) in [5, 5.41) is 0.361. The number of rotatable bonds is 2. The fourth-order valence-electron chi connectivity index (χ4n) is 1.15. The molecule has 0 bridgehead atoms. The standard InChI is InChI=1S/C8H12ClN3O/c1-4-6(5(2)13-3)7(9)12-8(10)11-4/h5H,1-3H3,(H2,10,11,12). The molecule has 2 N–H and O–H groups in total. The summed E-state index contributed by atoms with van der Waals surface area (Å²) < 4.78 is 5.13. The second-order valence-electron chi connectivity index (χ2n) is 2.75. The second kappa shape index (κ2) is 3.89. The van der Waals surface area contributed by atoms with Crippen LogP contribution in [0.5, 0.6) is 0 Å². The first kappa shape index (κ1) is 10.2. The lowest BCUT2D eigenvalue weighted by atomic mass is 10.1. The van der Waals surface area contributed by atoms with Crippen LogP contribution >= 0.6 is 11.6 Å². The van der Waals surface area contributed by atoms with E-state index < -0.39 is 0 Å². The molecule has 0 spiro atoms. The van der Waals surface area contributed by atoms with E-state index in [2.05, 4.69) is 9.97 Å². The van der Waals surface area contributed by atoms with Crippen LogP contribution in [0.25, 0.3) is 0 Å². The van der Waals surface area contributed by atoms with E-state index in [0.29, 0.717) is 5.15 Å². The molecule has 0 aliphatic heterocycles. The summed E-state index contributed by atoms with van der Waals surface area (Å²) in [6.07, 6.45) is -0.118. The van der Waals surface area contributed by atoms with Gasteiger partial charge in [-0.25, -0.2) is 9.97 Å². The quantitative estimate of drug-likeness (QED) is 0.741. The predicted octanol–water partition coefficient (Wildman–Crippen LogP) is 1.73. The van der Waals surface area contributed by atoms with Gasteiger partial charge in [0.05, 0.1) is 11.8 Å². The molecule has 1 heterocycles. The van der Waals surface area contributed by atoms with Gasteiger partial charge < -0.3 is 10.5 Å². The number of ether oxygens (including phenoxy) is 1. The predicted molar refractivity (Wildman–Crippen MR) is 51.6 cm³/mol. The van der Waals surface area contributed by atoms with Crippen LogP contribution in [0.15, 0.2) is 0 Å². The van der Waals surface area contributed by atoms with Gasteiger partial charge in [0.25, 0.3) is 0 Å². The summed E-state index contributed by atoms with van der Waals surface area (Å²) in [7, 11) is 1.61. The van der Waals surface area contributed by atoms with Crippen LogP contribution < -0.4 is 5.73 Å². The van der Waals surface area contributed by atoms with Crippen LogP contribution in [0.3, 0.4) is 0 Å². The second-order valence-corrected chi connectivity index (χ2v) is 3.11. The number of nitrogen functional groups attached to an aromatic ring is 1. The molecule has 13 heavy (non-hydrogen) atoms. The minimum absolute atomic E-state index is 0.118. The third-order valence-electron chi connectivity index (χ3n) is 1.87. The van der Waals surface area contributed by atoms with E-state index in [0.717, 1.165) is 11.3 Å². The van der Waals surface area contributed by atoms with Crippen molar-refractivity contribution in [3.63, 3.8) is 0 Å². The Bertz CT molecular complexity index is 293. The molecule has 1 aromatic rings. The van der Waals surface area contributed by atoms with Gasteiger partial charge in [0.2, 0.25) is 5.95 Å². The van der Waals surface area contributed by atoms with Crippen molar-refractivity contribution >= 4 is 17.5 Å². The zero-order chi connectivity index (χ0) is 10.0. The van der Waals surface area contributed by atoms with Crippen molar-refractivity contribution < 1.29 is 4.74 Å². The normalized spacial score (nSPS) is 12.9. The van der Waals surface area contributed by atoms with Crippen LogP contribution in [0.4, 0.5) is 5.95 Å². The number of halogens is 1. The first-order valence-electron chi connectivity index (χ1n) is 3.88. The largest absolute Gasteiger partial charge is 0.377 e. The number of methoxy groups -OCH3 is 1. The highest BCUT2D eigenvalue weighted by atomic mass is 35.5. The number of hydrogen-bond donors (Lipinski definition) is 1. The number of aryl methyl sites for hydroxylation is 1. The highest BCUT2D eigenvalue weighted by molar-refractivity contribution is 6.30. The zero-order valence-electron chi connectivity index (χ0n) is 7.84. The smallest absolute Gasteiger partial charge is 0.221 e. The Morgan fingerprint density at radius 2 is 2.08 bits per heavy atom. The van der Waals surface area contributed by atoms with Gasteiger partial charge >= 0.3 is 0 Å². The molecule has 0 amide bonds. The molecule has 4 nitrogen and oxygen atoms in total. The number of hydrogen-bond acceptors (Lipinski definition) is 4. The van der Waals surface area contributed by atoms with Crippen LogP contribution in [-0.4, -0.2) is 17.1 Å². The van der Waals surface area contributed by atoms with Crippen LogP contribution in [0.1, 0.15) is 24.3 Å². The molecular formula is C8H12ClN3O. The van der Waals surface area contributed by atoms with Gasteiger partial charge in [0.1, 0.15) is 5.15 Å². The van der Waals surface area contributed by atoms with Crippen molar-refractivity contribution in [3.8, 4) is 0 Å². The highest BCUT2D eigenvalue weighted by Crippen LogP contribution is 2.25. The summed E-state index contributed by atoms with van der Waals surface area (Å²) in [5.41, 5.74) is 6.97.